The van der Waals surface area contributed by atoms with E-state index in [9.17, 15) is 4.79 Å². The number of nitrogens with zero attached hydrogens (tertiary/aromatic N) is 3. The lowest BCUT2D eigenvalue weighted by Crippen LogP contribution is -2.24. The van der Waals surface area contributed by atoms with Crippen molar-refractivity contribution in [3.63, 3.8) is 0 Å². The number of benzene rings is 1. The molecule has 2 aromatic heterocycles. The molecule has 1 amide bonds. The Morgan fingerprint density at radius 1 is 1.19 bits per heavy atom. The molecule has 0 spiro atoms. The third kappa shape index (κ3) is 5.03. The molecule has 134 valence electrons. The van der Waals surface area contributed by atoms with Crippen LogP contribution in [0, 0.1) is 11.3 Å². The van der Waals surface area contributed by atoms with Crippen LogP contribution in [-0.4, -0.2) is 22.4 Å². The predicted octanol–water partition coefficient (Wildman–Crippen LogP) is 4.23. The quantitative estimate of drug-likeness (QED) is 0.648. The van der Waals surface area contributed by atoms with Gasteiger partial charge in [0.1, 0.15) is 5.75 Å². The third-order valence-corrected chi connectivity index (χ3v) is 3.78. The molecule has 0 aliphatic rings. The normalized spacial score (nSPS) is 10.1. The van der Waals surface area contributed by atoms with E-state index in [-0.39, 0.29) is 12.3 Å². The van der Waals surface area contributed by atoms with Gasteiger partial charge in [-0.05, 0) is 18.2 Å². The minimum absolute atomic E-state index is 0.232. The third-order valence-electron chi connectivity index (χ3n) is 3.57. The summed E-state index contributed by atoms with van der Waals surface area (Å²) in [4.78, 5) is 20.6. The van der Waals surface area contributed by atoms with Gasteiger partial charge in [-0.2, -0.15) is 5.26 Å². The van der Waals surface area contributed by atoms with Gasteiger partial charge in [-0.3, -0.25) is 9.78 Å². The number of ether oxygens (including phenoxy) is 1. The Bertz CT molecular complexity index is 1000. The van der Waals surface area contributed by atoms with Crippen molar-refractivity contribution in [2.75, 3.05) is 6.54 Å². The van der Waals surface area contributed by atoms with Crippen LogP contribution in [0.1, 0.15) is 16.8 Å². The zero-order valence-electron chi connectivity index (χ0n) is 14.2. The minimum atomic E-state index is -0.232. The number of amides is 1. The number of aromatic nitrogens is 2. The first-order chi connectivity index (χ1) is 13.2. The lowest BCUT2D eigenvalue weighted by Gasteiger charge is -2.08. The highest BCUT2D eigenvalue weighted by molar-refractivity contribution is 6.30. The molecule has 1 N–H and O–H groups in total. The van der Waals surface area contributed by atoms with Crippen molar-refractivity contribution in [3.8, 4) is 29.0 Å². The van der Waals surface area contributed by atoms with Gasteiger partial charge in [-0.1, -0.05) is 29.8 Å². The second-order valence-electron chi connectivity index (χ2n) is 5.55. The molecule has 6 nitrogen and oxygen atoms in total. The molecular weight excluding hydrogens is 364 g/mol. The molecule has 0 atom stereocenters. The first-order valence-electron chi connectivity index (χ1n) is 8.17. The highest BCUT2D eigenvalue weighted by atomic mass is 35.5. The maximum absolute atomic E-state index is 12.2. The minimum Gasteiger partial charge on any atom is -0.437 e. The van der Waals surface area contributed by atoms with E-state index in [1.165, 1.54) is 6.20 Å². The van der Waals surface area contributed by atoms with Crippen LogP contribution in [0.3, 0.4) is 0 Å². The topological polar surface area (TPSA) is 87.9 Å². The standard InChI is InChI=1S/C20H15ClN4O2/c21-16-11-17(13-23-12-16)27-19-7-2-6-18(25-19)14-4-1-5-15(10-14)20(26)24-9-3-8-22/h1-2,4-7,10-13H,3,9H2,(H,24,26). The largest absolute Gasteiger partial charge is 0.437 e. The zero-order chi connectivity index (χ0) is 19.1. The molecule has 27 heavy (non-hydrogen) atoms. The molecule has 0 bridgehead atoms. The molecule has 0 aliphatic carbocycles. The highest BCUT2D eigenvalue weighted by Gasteiger charge is 2.09. The van der Waals surface area contributed by atoms with E-state index in [0.717, 1.165) is 5.56 Å². The number of halogens is 1. The van der Waals surface area contributed by atoms with Crippen LogP contribution in [0.15, 0.2) is 60.9 Å². The van der Waals surface area contributed by atoms with Gasteiger partial charge in [0.25, 0.3) is 5.91 Å². The Labute approximate surface area is 161 Å². The summed E-state index contributed by atoms with van der Waals surface area (Å²) in [5, 5.41) is 11.7. The van der Waals surface area contributed by atoms with E-state index in [4.69, 9.17) is 21.6 Å². The second kappa shape index (κ2) is 8.79. The number of nitrogens with one attached hydrogen (secondary N) is 1. The van der Waals surface area contributed by atoms with E-state index >= 15 is 0 Å². The van der Waals surface area contributed by atoms with Crippen LogP contribution < -0.4 is 10.1 Å². The van der Waals surface area contributed by atoms with Gasteiger partial charge >= 0.3 is 0 Å². The Balaban J connectivity index is 1.79. The van der Waals surface area contributed by atoms with Gasteiger partial charge in [0.15, 0.2) is 0 Å². The molecule has 0 saturated carbocycles. The van der Waals surface area contributed by atoms with Crippen molar-refractivity contribution in [1.82, 2.24) is 15.3 Å². The summed E-state index contributed by atoms with van der Waals surface area (Å²) in [5.41, 5.74) is 1.93. The second-order valence-corrected chi connectivity index (χ2v) is 5.98. The van der Waals surface area contributed by atoms with Crippen molar-refractivity contribution in [1.29, 1.82) is 5.26 Å². The van der Waals surface area contributed by atoms with Crippen LogP contribution in [0.2, 0.25) is 5.02 Å². The number of hydrogen-bond acceptors (Lipinski definition) is 5. The van der Waals surface area contributed by atoms with Gasteiger partial charge in [-0.25, -0.2) is 4.98 Å². The summed E-state index contributed by atoms with van der Waals surface area (Å²) < 4.78 is 5.70. The lowest BCUT2D eigenvalue weighted by molar-refractivity contribution is 0.0954. The maximum atomic E-state index is 12.2. The molecule has 3 aromatic rings. The van der Waals surface area contributed by atoms with E-state index in [1.807, 2.05) is 24.3 Å². The van der Waals surface area contributed by atoms with Crippen molar-refractivity contribution in [3.05, 3.63) is 71.5 Å². The summed E-state index contributed by atoms with van der Waals surface area (Å²) in [7, 11) is 0. The number of carbonyl (C=O) groups excluding carboxylic acids is 1. The van der Waals surface area contributed by atoms with Crippen molar-refractivity contribution < 1.29 is 9.53 Å². The fourth-order valence-electron chi connectivity index (χ4n) is 2.36. The van der Waals surface area contributed by atoms with Gasteiger partial charge in [0, 0.05) is 36.0 Å². The summed E-state index contributed by atoms with van der Waals surface area (Å²) in [6.07, 6.45) is 3.34. The van der Waals surface area contributed by atoms with Crippen LogP contribution in [0.5, 0.6) is 11.6 Å². The Kier molecular flexibility index (Phi) is 5.98. The van der Waals surface area contributed by atoms with Gasteiger partial charge < -0.3 is 10.1 Å². The number of carbonyl (C=O) groups is 1. The molecule has 0 radical (unpaired) electrons. The van der Waals surface area contributed by atoms with Crippen LogP contribution in [0.25, 0.3) is 11.3 Å². The van der Waals surface area contributed by atoms with Gasteiger partial charge in [0.05, 0.1) is 29.4 Å². The number of nitriles is 1. The SMILES string of the molecule is N#CCCNC(=O)c1cccc(-c2cccc(Oc3cncc(Cl)c3)n2)c1. The van der Waals surface area contributed by atoms with E-state index in [0.29, 0.717) is 34.5 Å². The molecule has 0 unspecified atom stereocenters. The van der Waals surface area contributed by atoms with Crippen molar-refractivity contribution in [2.45, 2.75) is 6.42 Å². The zero-order valence-corrected chi connectivity index (χ0v) is 15.0. The fourth-order valence-corrected chi connectivity index (χ4v) is 2.52. The molecule has 2 heterocycles. The molecular formula is C20H15ClN4O2. The van der Waals surface area contributed by atoms with Crippen LogP contribution in [-0.2, 0) is 0 Å². The summed E-state index contributed by atoms with van der Waals surface area (Å²) >= 11 is 5.91. The maximum Gasteiger partial charge on any atom is 0.251 e. The summed E-state index contributed by atoms with van der Waals surface area (Å²) in [6.45, 7) is 0.314. The fraction of sp³-hybridized carbons (Fsp3) is 0.100. The first-order valence-corrected chi connectivity index (χ1v) is 8.54. The summed E-state index contributed by atoms with van der Waals surface area (Å²) in [5.74, 6) is 0.641. The van der Waals surface area contributed by atoms with Crippen LogP contribution in [0.4, 0.5) is 0 Å². The predicted molar refractivity (Wildman–Crippen MR) is 102 cm³/mol. The van der Waals surface area contributed by atoms with E-state index in [2.05, 4.69) is 15.3 Å². The Morgan fingerprint density at radius 3 is 2.85 bits per heavy atom. The van der Waals surface area contributed by atoms with Crippen molar-refractivity contribution >= 4 is 17.5 Å². The number of rotatable bonds is 6. The monoisotopic (exact) mass is 378 g/mol. The number of hydrogen-bond donors (Lipinski definition) is 1. The molecule has 7 heteroatoms. The summed E-state index contributed by atoms with van der Waals surface area (Å²) in [6, 6.07) is 16.1. The average Bonchev–Trinajstić information content (AvgIpc) is 2.68. The van der Waals surface area contributed by atoms with Gasteiger partial charge in [-0.15, -0.1) is 0 Å². The molecule has 0 saturated heterocycles. The highest BCUT2D eigenvalue weighted by Crippen LogP contribution is 2.25. The molecule has 0 fully saturated rings. The van der Waals surface area contributed by atoms with Crippen molar-refractivity contribution in [2.24, 2.45) is 0 Å². The smallest absolute Gasteiger partial charge is 0.251 e. The Morgan fingerprint density at radius 2 is 2.04 bits per heavy atom. The average molecular weight is 379 g/mol. The first kappa shape index (κ1) is 18.4. The van der Waals surface area contributed by atoms with Crippen LogP contribution >= 0.6 is 11.6 Å². The van der Waals surface area contributed by atoms with E-state index < -0.39 is 0 Å². The molecule has 3 rings (SSSR count). The molecule has 1 aromatic carbocycles. The lowest BCUT2D eigenvalue weighted by atomic mass is 10.1. The van der Waals surface area contributed by atoms with Gasteiger partial charge in [0.2, 0.25) is 5.88 Å². The molecule has 0 aliphatic heterocycles. The van der Waals surface area contributed by atoms with E-state index in [1.54, 1.807) is 36.5 Å². The number of pyridine rings is 2. The Hall–Kier alpha value is -3.43.